The van der Waals surface area contributed by atoms with Crippen LogP contribution in [0, 0.1) is 10.1 Å². The van der Waals surface area contributed by atoms with Crippen LogP contribution in [0.5, 0.6) is 0 Å². The molecule has 1 heterocycles. The van der Waals surface area contributed by atoms with Gasteiger partial charge in [0.05, 0.1) is 16.8 Å². The van der Waals surface area contributed by atoms with Crippen molar-refractivity contribution in [3.63, 3.8) is 0 Å². The lowest BCUT2D eigenvalue weighted by Crippen LogP contribution is -2.26. The van der Waals surface area contributed by atoms with E-state index < -0.39 is 10.8 Å². The topological polar surface area (TPSA) is 81.3 Å². The number of rotatable bonds is 5. The molecule has 0 radical (unpaired) electrons. The van der Waals surface area contributed by atoms with Crippen molar-refractivity contribution < 1.29 is 9.72 Å². The number of hydrogen-bond acceptors (Lipinski definition) is 4. The third-order valence-corrected chi connectivity index (χ3v) is 3.75. The van der Waals surface area contributed by atoms with E-state index in [2.05, 4.69) is 5.10 Å². The molecule has 2 aromatic carbocycles. The minimum atomic E-state index is -0.547. The van der Waals surface area contributed by atoms with Gasteiger partial charge in [-0.25, -0.2) is 4.68 Å². The maximum atomic E-state index is 12.5. The van der Waals surface area contributed by atoms with Crippen molar-refractivity contribution in [2.45, 2.75) is 6.54 Å². The Bertz CT molecular complexity index is 905. The third-order valence-electron chi connectivity index (χ3n) is 3.75. The van der Waals surface area contributed by atoms with Gasteiger partial charge >= 0.3 is 0 Å². The summed E-state index contributed by atoms with van der Waals surface area (Å²) >= 11 is 0. The Hall–Kier alpha value is -3.48. The molecular weight excluding hydrogens is 320 g/mol. The molecule has 3 aromatic rings. The first-order valence-corrected chi connectivity index (χ1v) is 7.64. The summed E-state index contributed by atoms with van der Waals surface area (Å²) in [5.74, 6) is -0.403. The van der Waals surface area contributed by atoms with Crippen molar-refractivity contribution in [1.29, 1.82) is 0 Å². The lowest BCUT2D eigenvalue weighted by Gasteiger charge is -2.16. The van der Waals surface area contributed by atoms with Crippen LogP contribution in [0.4, 0.5) is 5.69 Å². The molecule has 0 saturated carbocycles. The summed E-state index contributed by atoms with van der Waals surface area (Å²) in [4.78, 5) is 24.5. The molecule has 0 fully saturated rings. The van der Waals surface area contributed by atoms with E-state index >= 15 is 0 Å². The monoisotopic (exact) mass is 336 g/mol. The number of para-hydroxylation sites is 2. The summed E-state index contributed by atoms with van der Waals surface area (Å²) in [5, 5.41) is 15.4. The Labute approximate surface area is 144 Å². The molecule has 0 bridgehead atoms. The van der Waals surface area contributed by atoms with Crippen molar-refractivity contribution in [1.82, 2.24) is 14.7 Å². The van der Waals surface area contributed by atoms with E-state index in [9.17, 15) is 14.9 Å². The highest BCUT2D eigenvalue weighted by Gasteiger charge is 2.22. The second kappa shape index (κ2) is 6.96. The Morgan fingerprint density at radius 2 is 1.84 bits per heavy atom. The summed E-state index contributed by atoms with van der Waals surface area (Å²) in [6.45, 7) is 0.303. The molecule has 3 rings (SSSR count). The van der Waals surface area contributed by atoms with E-state index in [4.69, 9.17) is 0 Å². The minimum Gasteiger partial charge on any atom is -0.337 e. The van der Waals surface area contributed by atoms with Crippen LogP contribution in [0.3, 0.4) is 0 Å². The largest absolute Gasteiger partial charge is 0.337 e. The first-order valence-electron chi connectivity index (χ1n) is 7.64. The first-order chi connectivity index (χ1) is 12.1. The van der Waals surface area contributed by atoms with E-state index in [1.54, 1.807) is 30.1 Å². The van der Waals surface area contributed by atoms with E-state index in [1.807, 2.05) is 36.5 Å². The van der Waals surface area contributed by atoms with Gasteiger partial charge in [-0.2, -0.15) is 5.10 Å². The van der Waals surface area contributed by atoms with Gasteiger partial charge in [0.25, 0.3) is 11.6 Å². The fraction of sp³-hybridized carbons (Fsp3) is 0.111. The van der Waals surface area contributed by atoms with Crippen LogP contribution in [0.2, 0.25) is 0 Å². The Morgan fingerprint density at radius 3 is 2.56 bits per heavy atom. The average molecular weight is 336 g/mol. The van der Waals surface area contributed by atoms with E-state index in [0.717, 1.165) is 11.3 Å². The zero-order valence-corrected chi connectivity index (χ0v) is 13.6. The molecule has 0 aliphatic carbocycles. The van der Waals surface area contributed by atoms with Crippen LogP contribution in [0.15, 0.2) is 67.0 Å². The van der Waals surface area contributed by atoms with Gasteiger partial charge in [-0.1, -0.05) is 30.3 Å². The highest BCUT2D eigenvalue weighted by Crippen LogP contribution is 2.20. The van der Waals surface area contributed by atoms with Gasteiger partial charge in [-0.05, 0) is 18.2 Å². The Morgan fingerprint density at radius 1 is 1.16 bits per heavy atom. The molecule has 0 unspecified atom stereocenters. The maximum Gasteiger partial charge on any atom is 0.282 e. The Kier molecular flexibility index (Phi) is 4.56. The molecule has 0 aliphatic heterocycles. The second-order valence-corrected chi connectivity index (χ2v) is 5.56. The third kappa shape index (κ3) is 3.55. The van der Waals surface area contributed by atoms with Crippen LogP contribution < -0.4 is 0 Å². The lowest BCUT2D eigenvalue weighted by molar-refractivity contribution is -0.385. The van der Waals surface area contributed by atoms with E-state index in [-0.39, 0.29) is 11.3 Å². The van der Waals surface area contributed by atoms with Crippen molar-refractivity contribution in [3.8, 4) is 5.69 Å². The summed E-state index contributed by atoms with van der Waals surface area (Å²) in [6, 6.07) is 15.6. The normalized spacial score (nSPS) is 10.4. The zero-order chi connectivity index (χ0) is 17.8. The van der Waals surface area contributed by atoms with Crippen LogP contribution in [-0.2, 0) is 6.54 Å². The summed E-state index contributed by atoms with van der Waals surface area (Å²) in [5.41, 5.74) is 1.63. The standard InChI is InChI=1S/C18H16N4O3/c1-20(18(23)16-9-5-6-10-17(16)22(24)25)12-14-11-19-21(13-14)15-7-3-2-4-8-15/h2-11,13H,12H2,1H3. The second-order valence-electron chi connectivity index (χ2n) is 5.56. The van der Waals surface area contributed by atoms with Gasteiger partial charge in [0.2, 0.25) is 0 Å². The molecule has 1 amide bonds. The molecule has 7 heteroatoms. The molecule has 0 atom stereocenters. The highest BCUT2D eigenvalue weighted by molar-refractivity contribution is 5.97. The van der Waals surface area contributed by atoms with Crippen molar-refractivity contribution in [3.05, 3.63) is 88.2 Å². The predicted molar refractivity (Wildman–Crippen MR) is 92.5 cm³/mol. The van der Waals surface area contributed by atoms with Gasteiger partial charge in [-0.3, -0.25) is 14.9 Å². The zero-order valence-electron chi connectivity index (χ0n) is 13.6. The van der Waals surface area contributed by atoms with Crippen molar-refractivity contribution >= 4 is 11.6 Å². The minimum absolute atomic E-state index is 0.0745. The van der Waals surface area contributed by atoms with Gasteiger partial charge in [0.15, 0.2) is 0 Å². The molecule has 25 heavy (non-hydrogen) atoms. The average Bonchev–Trinajstić information content (AvgIpc) is 3.10. The summed E-state index contributed by atoms with van der Waals surface area (Å²) in [7, 11) is 1.61. The van der Waals surface area contributed by atoms with Gasteiger partial charge < -0.3 is 4.90 Å². The van der Waals surface area contributed by atoms with E-state index in [1.165, 1.54) is 17.0 Å². The smallest absolute Gasteiger partial charge is 0.282 e. The Balaban J connectivity index is 1.77. The number of amides is 1. The number of hydrogen-bond donors (Lipinski definition) is 0. The van der Waals surface area contributed by atoms with Crippen molar-refractivity contribution in [2.24, 2.45) is 0 Å². The molecule has 1 aromatic heterocycles. The summed E-state index contributed by atoms with van der Waals surface area (Å²) in [6.07, 6.45) is 3.51. The lowest BCUT2D eigenvalue weighted by atomic mass is 10.1. The number of nitro benzene ring substituents is 1. The van der Waals surface area contributed by atoms with Crippen LogP contribution in [0.1, 0.15) is 15.9 Å². The van der Waals surface area contributed by atoms with Crippen LogP contribution >= 0.6 is 0 Å². The number of benzene rings is 2. The van der Waals surface area contributed by atoms with Crippen LogP contribution in [0.25, 0.3) is 5.69 Å². The quantitative estimate of drug-likeness (QED) is 0.530. The molecule has 0 N–H and O–H groups in total. The van der Waals surface area contributed by atoms with Gasteiger partial charge in [0.1, 0.15) is 5.56 Å². The van der Waals surface area contributed by atoms with Gasteiger partial charge in [0, 0.05) is 31.4 Å². The number of aromatic nitrogens is 2. The molecule has 0 saturated heterocycles. The van der Waals surface area contributed by atoms with E-state index in [0.29, 0.717) is 6.54 Å². The number of nitro groups is 1. The SMILES string of the molecule is CN(Cc1cnn(-c2ccccc2)c1)C(=O)c1ccccc1[N+](=O)[O-]. The van der Waals surface area contributed by atoms with Crippen molar-refractivity contribution in [2.75, 3.05) is 7.05 Å². The van der Waals surface area contributed by atoms with Crippen LogP contribution in [-0.4, -0.2) is 32.6 Å². The summed E-state index contributed by atoms with van der Waals surface area (Å²) < 4.78 is 1.72. The number of carbonyl (C=O) groups excluding carboxylic acids is 1. The molecular formula is C18H16N4O3. The molecule has 126 valence electrons. The molecule has 7 nitrogen and oxygen atoms in total. The predicted octanol–water partition coefficient (Wildman–Crippen LogP) is 3.05. The number of nitrogens with zero attached hydrogens (tertiary/aromatic N) is 4. The first kappa shape index (κ1) is 16.4. The fourth-order valence-corrected chi connectivity index (χ4v) is 2.53. The number of carbonyl (C=O) groups is 1. The fourth-order valence-electron chi connectivity index (χ4n) is 2.53. The molecule has 0 spiro atoms. The highest BCUT2D eigenvalue weighted by atomic mass is 16.6. The van der Waals surface area contributed by atoms with Gasteiger partial charge in [-0.15, -0.1) is 0 Å². The molecule has 0 aliphatic rings. The maximum absolute atomic E-state index is 12.5.